The summed E-state index contributed by atoms with van der Waals surface area (Å²) in [7, 11) is 1.36. The molecule has 5 atom stereocenters. The van der Waals surface area contributed by atoms with Gasteiger partial charge >= 0.3 is 0 Å². The number of ether oxygens (including phenoxy) is 2. The van der Waals surface area contributed by atoms with Gasteiger partial charge in [0, 0.05) is 13.5 Å². The number of methoxy groups -OCH3 is 1. The van der Waals surface area contributed by atoms with E-state index in [1.165, 1.54) is 7.11 Å². The third kappa shape index (κ3) is 3.14. The molecule has 100 valence electrons. The van der Waals surface area contributed by atoms with Gasteiger partial charge in [0.15, 0.2) is 6.29 Å². The van der Waals surface area contributed by atoms with Crippen LogP contribution in [0, 0.1) is 0 Å². The van der Waals surface area contributed by atoms with Gasteiger partial charge in [0.2, 0.25) is 5.91 Å². The maximum Gasteiger partial charge on any atom is 0.220 e. The topological polar surface area (TPSA) is 108 Å². The van der Waals surface area contributed by atoms with Crippen molar-refractivity contribution in [2.24, 2.45) is 0 Å². The van der Waals surface area contributed by atoms with Crippen molar-refractivity contribution in [1.29, 1.82) is 0 Å². The number of carbonyl (C=O) groups excluding carboxylic acids is 1. The fourth-order valence-corrected chi connectivity index (χ4v) is 1.73. The molecule has 1 heterocycles. The van der Waals surface area contributed by atoms with Crippen molar-refractivity contribution in [1.82, 2.24) is 5.32 Å². The molecule has 0 saturated carbocycles. The molecule has 0 spiro atoms. The van der Waals surface area contributed by atoms with Gasteiger partial charge in [-0.05, 0) is 0 Å². The summed E-state index contributed by atoms with van der Waals surface area (Å²) in [5.74, 6) is -0.283. The van der Waals surface area contributed by atoms with E-state index in [0.717, 1.165) is 0 Å². The van der Waals surface area contributed by atoms with Crippen LogP contribution in [0.25, 0.3) is 0 Å². The van der Waals surface area contributed by atoms with Gasteiger partial charge in [-0.15, -0.1) is 0 Å². The van der Waals surface area contributed by atoms with Crippen molar-refractivity contribution in [3.63, 3.8) is 0 Å². The predicted octanol–water partition coefficient (Wildman–Crippen LogP) is -2.03. The van der Waals surface area contributed by atoms with Crippen molar-refractivity contribution < 1.29 is 29.6 Å². The zero-order valence-electron chi connectivity index (χ0n) is 9.87. The average molecular weight is 249 g/mol. The smallest absolute Gasteiger partial charge is 0.220 e. The molecule has 1 aliphatic heterocycles. The Morgan fingerprint density at radius 2 is 2.06 bits per heavy atom. The monoisotopic (exact) mass is 249 g/mol. The molecule has 0 bridgehead atoms. The van der Waals surface area contributed by atoms with E-state index >= 15 is 0 Å². The van der Waals surface area contributed by atoms with Crippen LogP contribution in [0.2, 0.25) is 0 Å². The summed E-state index contributed by atoms with van der Waals surface area (Å²) in [5.41, 5.74) is 0. The summed E-state index contributed by atoms with van der Waals surface area (Å²) in [5, 5.41) is 31.0. The van der Waals surface area contributed by atoms with Crippen molar-refractivity contribution in [3.8, 4) is 0 Å². The van der Waals surface area contributed by atoms with Gasteiger partial charge < -0.3 is 30.1 Å². The number of nitrogens with one attached hydrogen (secondary N) is 1. The zero-order chi connectivity index (χ0) is 13.0. The zero-order valence-corrected chi connectivity index (χ0v) is 9.87. The highest BCUT2D eigenvalue weighted by atomic mass is 16.7. The summed E-state index contributed by atoms with van der Waals surface area (Å²) in [4.78, 5) is 11.3. The number of aliphatic hydroxyl groups excluding tert-OH is 3. The molecule has 0 aromatic heterocycles. The first-order chi connectivity index (χ1) is 8.04. The van der Waals surface area contributed by atoms with Gasteiger partial charge in [-0.3, -0.25) is 4.79 Å². The summed E-state index contributed by atoms with van der Waals surface area (Å²) in [6, 6.07) is -0.856. The molecule has 1 saturated heterocycles. The van der Waals surface area contributed by atoms with E-state index in [-0.39, 0.29) is 12.3 Å². The maximum absolute atomic E-state index is 11.3. The van der Waals surface area contributed by atoms with E-state index in [9.17, 15) is 15.0 Å². The Morgan fingerprint density at radius 1 is 1.41 bits per heavy atom. The third-order valence-electron chi connectivity index (χ3n) is 2.76. The van der Waals surface area contributed by atoms with Crippen molar-refractivity contribution >= 4 is 5.91 Å². The van der Waals surface area contributed by atoms with E-state index in [1.54, 1.807) is 6.92 Å². The van der Waals surface area contributed by atoms with E-state index in [2.05, 4.69) is 5.32 Å². The molecular weight excluding hydrogens is 230 g/mol. The van der Waals surface area contributed by atoms with Crippen molar-refractivity contribution in [2.45, 2.75) is 44.0 Å². The van der Waals surface area contributed by atoms with Crippen LogP contribution in [0.3, 0.4) is 0 Å². The Morgan fingerprint density at radius 3 is 2.53 bits per heavy atom. The van der Waals surface area contributed by atoms with Crippen molar-refractivity contribution in [2.75, 3.05) is 13.7 Å². The lowest BCUT2D eigenvalue weighted by Gasteiger charge is -2.41. The first-order valence-corrected chi connectivity index (χ1v) is 5.49. The molecule has 0 aromatic rings. The Labute approximate surface area is 99.3 Å². The van der Waals surface area contributed by atoms with Crippen molar-refractivity contribution in [3.05, 3.63) is 0 Å². The molecule has 1 fully saturated rings. The first kappa shape index (κ1) is 14.3. The number of aliphatic hydroxyl groups is 3. The van der Waals surface area contributed by atoms with Crippen LogP contribution in [0.5, 0.6) is 0 Å². The SMILES string of the molecule is CCC(=O)NC1C(OC)O[C@H](CO)[C@H](O)[C@@H]1O. The van der Waals surface area contributed by atoms with Crippen LogP contribution in [0.4, 0.5) is 0 Å². The van der Waals surface area contributed by atoms with Gasteiger partial charge in [0.05, 0.1) is 6.61 Å². The molecule has 4 N–H and O–H groups in total. The normalized spacial score (nSPS) is 37.8. The minimum absolute atomic E-state index is 0.249. The van der Waals surface area contributed by atoms with Gasteiger partial charge in [0.1, 0.15) is 24.4 Å². The Hall–Kier alpha value is -0.730. The van der Waals surface area contributed by atoms with Crippen LogP contribution in [0.1, 0.15) is 13.3 Å². The molecule has 7 nitrogen and oxygen atoms in total. The second-order valence-corrected chi connectivity index (χ2v) is 3.89. The van der Waals surface area contributed by atoms with Gasteiger partial charge in [-0.2, -0.15) is 0 Å². The number of rotatable bonds is 4. The van der Waals surface area contributed by atoms with E-state index < -0.39 is 37.3 Å². The van der Waals surface area contributed by atoms with Crippen LogP contribution in [0.15, 0.2) is 0 Å². The number of hydrogen-bond acceptors (Lipinski definition) is 6. The molecule has 0 radical (unpaired) electrons. The quantitative estimate of drug-likeness (QED) is 0.457. The first-order valence-electron chi connectivity index (χ1n) is 5.49. The predicted molar refractivity (Wildman–Crippen MR) is 57.0 cm³/mol. The van der Waals surface area contributed by atoms with Gasteiger partial charge in [-0.1, -0.05) is 6.92 Å². The summed E-state index contributed by atoms with van der Waals surface area (Å²) in [6.45, 7) is 1.23. The summed E-state index contributed by atoms with van der Waals surface area (Å²) >= 11 is 0. The van der Waals surface area contributed by atoms with Gasteiger partial charge in [-0.25, -0.2) is 0 Å². The minimum atomic E-state index is -1.27. The van der Waals surface area contributed by atoms with Crippen LogP contribution >= 0.6 is 0 Å². The summed E-state index contributed by atoms with van der Waals surface area (Å²) < 4.78 is 10.2. The third-order valence-corrected chi connectivity index (χ3v) is 2.76. The van der Waals surface area contributed by atoms with E-state index in [0.29, 0.717) is 0 Å². The number of hydrogen-bond donors (Lipinski definition) is 4. The number of amides is 1. The van der Waals surface area contributed by atoms with E-state index in [4.69, 9.17) is 14.6 Å². The molecule has 0 aromatic carbocycles. The average Bonchev–Trinajstić information content (AvgIpc) is 2.35. The van der Waals surface area contributed by atoms with E-state index in [1.807, 2.05) is 0 Å². The molecule has 1 aliphatic rings. The molecule has 1 rings (SSSR count). The second kappa shape index (κ2) is 6.27. The number of carbonyl (C=O) groups is 1. The Bertz CT molecular complexity index is 259. The van der Waals surface area contributed by atoms with Crippen LogP contribution in [-0.4, -0.2) is 65.6 Å². The largest absolute Gasteiger partial charge is 0.394 e. The lowest BCUT2D eigenvalue weighted by molar-refractivity contribution is -0.262. The van der Waals surface area contributed by atoms with Crippen LogP contribution in [-0.2, 0) is 14.3 Å². The Kier molecular flexibility index (Phi) is 5.29. The lowest BCUT2D eigenvalue weighted by atomic mass is 9.97. The lowest BCUT2D eigenvalue weighted by Crippen LogP contribution is -2.64. The highest BCUT2D eigenvalue weighted by Crippen LogP contribution is 2.21. The molecule has 1 amide bonds. The molecular formula is C10H19NO6. The molecule has 7 heteroatoms. The molecule has 0 aliphatic carbocycles. The maximum atomic E-state index is 11.3. The highest BCUT2D eigenvalue weighted by Gasteiger charge is 2.44. The molecule has 2 unspecified atom stereocenters. The van der Waals surface area contributed by atoms with Crippen LogP contribution < -0.4 is 5.32 Å². The molecule has 17 heavy (non-hydrogen) atoms. The van der Waals surface area contributed by atoms with Gasteiger partial charge in [0.25, 0.3) is 0 Å². The minimum Gasteiger partial charge on any atom is -0.394 e. The standard InChI is InChI=1S/C10H19NO6/c1-3-6(13)11-7-9(15)8(14)5(4-12)17-10(7)16-2/h5,7-10,12,14-15H,3-4H2,1-2H3,(H,11,13)/t5-,7?,8+,9-,10?/m1/s1. The second-order valence-electron chi connectivity index (χ2n) is 3.89. The fourth-order valence-electron chi connectivity index (χ4n) is 1.73. The fraction of sp³-hybridized carbons (Fsp3) is 0.900. The Balaban J connectivity index is 2.75. The summed E-state index contributed by atoms with van der Waals surface area (Å²) in [6.07, 6.45) is -4.10. The highest BCUT2D eigenvalue weighted by molar-refractivity contribution is 5.76.